The largest absolute Gasteiger partial charge is 0.494 e. The third kappa shape index (κ3) is 7.47. The van der Waals surface area contributed by atoms with E-state index < -0.39 is 35.3 Å². The summed E-state index contributed by atoms with van der Waals surface area (Å²) in [7, 11) is 1.51. The third-order valence-corrected chi connectivity index (χ3v) is 10.4. The number of alkyl halides is 1. The van der Waals surface area contributed by atoms with E-state index in [9.17, 15) is 24.0 Å². The molecule has 1 atom stereocenters. The smallest absolute Gasteiger partial charge is 0.261 e. The zero-order valence-electron chi connectivity index (χ0n) is 30.4. The number of imide groups is 2. The number of hydrogen-bond donors (Lipinski definition) is 3. The molecule has 55 heavy (non-hydrogen) atoms. The van der Waals surface area contributed by atoms with Gasteiger partial charge in [0.15, 0.2) is 11.5 Å². The third-order valence-electron chi connectivity index (χ3n) is 10.4. The van der Waals surface area contributed by atoms with Gasteiger partial charge in [0.25, 0.3) is 17.7 Å². The van der Waals surface area contributed by atoms with E-state index in [4.69, 9.17) is 15.6 Å². The van der Waals surface area contributed by atoms with Crippen molar-refractivity contribution in [3.63, 3.8) is 0 Å². The van der Waals surface area contributed by atoms with Crippen molar-refractivity contribution >= 4 is 57.9 Å². The van der Waals surface area contributed by atoms with E-state index in [0.717, 1.165) is 29.3 Å². The van der Waals surface area contributed by atoms with Gasteiger partial charge in [-0.3, -0.25) is 43.8 Å². The lowest BCUT2D eigenvalue weighted by atomic mass is 9.92. The molecule has 2 aromatic carbocycles. The number of carbonyl (C=O) groups excluding carboxylic acids is 5. The monoisotopic (exact) mass is 752 g/mol. The van der Waals surface area contributed by atoms with Crippen LogP contribution in [0.4, 0.5) is 15.8 Å². The number of ether oxygens (including phenoxy) is 1. The van der Waals surface area contributed by atoms with Crippen molar-refractivity contribution < 1.29 is 33.1 Å². The summed E-state index contributed by atoms with van der Waals surface area (Å²) in [5.74, 6) is -1.23. The number of aromatic nitrogens is 4. The maximum atomic E-state index is 16.0. The number of nitrogens with zero attached hydrogens (tertiary/aromatic N) is 7. The van der Waals surface area contributed by atoms with Gasteiger partial charge in [-0.2, -0.15) is 5.10 Å². The van der Waals surface area contributed by atoms with E-state index in [1.54, 1.807) is 43.3 Å². The van der Waals surface area contributed by atoms with Gasteiger partial charge >= 0.3 is 0 Å². The lowest BCUT2D eigenvalue weighted by Gasteiger charge is -2.48. The minimum Gasteiger partial charge on any atom is -0.494 e. The topological polar surface area (TPSA) is 198 Å². The van der Waals surface area contributed by atoms with E-state index in [1.165, 1.54) is 19.5 Å². The summed E-state index contributed by atoms with van der Waals surface area (Å²) in [4.78, 5) is 75.0. The number of hydrogen-bond acceptors (Lipinski definition) is 12. The molecule has 0 saturated carbocycles. The Balaban J connectivity index is 0.929. The van der Waals surface area contributed by atoms with Crippen molar-refractivity contribution in [1.82, 2.24) is 34.9 Å². The summed E-state index contributed by atoms with van der Waals surface area (Å²) >= 11 is 0. The van der Waals surface area contributed by atoms with Gasteiger partial charge in [-0.05, 0) is 56.5 Å². The van der Waals surface area contributed by atoms with E-state index >= 15 is 4.39 Å². The first-order chi connectivity index (χ1) is 26.5. The first-order valence-corrected chi connectivity index (χ1v) is 18.0. The number of anilines is 2. The number of piperidine rings is 1. The lowest BCUT2D eigenvalue weighted by Crippen LogP contribution is -2.64. The van der Waals surface area contributed by atoms with Gasteiger partial charge in [0.2, 0.25) is 12.3 Å². The molecule has 2 saturated heterocycles. The lowest BCUT2D eigenvalue weighted by molar-refractivity contribution is -0.125. The van der Waals surface area contributed by atoms with Crippen LogP contribution in [0.25, 0.3) is 16.5 Å². The summed E-state index contributed by atoms with van der Waals surface area (Å²) < 4.78 is 23.5. The van der Waals surface area contributed by atoms with E-state index in [0.29, 0.717) is 42.1 Å². The van der Waals surface area contributed by atoms with Crippen LogP contribution in [0.3, 0.4) is 0 Å². The molecule has 3 aliphatic rings. The Labute approximate surface area is 315 Å². The second kappa shape index (κ2) is 15.3. The van der Waals surface area contributed by atoms with Crippen molar-refractivity contribution in [1.29, 1.82) is 0 Å². The standard InChI is InChI=1S/C38H41FN10O6/c1-23(4-7-33(51)43-22-50)49-36(53)27-6-5-26(15-28(27)37(49)54)47-20-38(39,21-47)19-46-12-8-25(9-13-46)48-18-24-14-31(32(55-2)16-30(24)45-48)44-35(52)29(17-40)34-41-10-3-11-42-34/h3,5-6,10-11,14-18,22-23,25H,4,7-9,12-13,19-21,40H2,1-2H3,(H,44,52)(H,43,50,51)/b29-17+. The fraction of sp³-hybridized carbons (Fsp3) is 0.368. The van der Waals surface area contributed by atoms with Crippen molar-refractivity contribution in [2.45, 2.75) is 50.4 Å². The maximum Gasteiger partial charge on any atom is 0.261 e. The first-order valence-electron chi connectivity index (χ1n) is 18.0. The predicted octanol–water partition coefficient (Wildman–Crippen LogP) is 2.68. The highest BCUT2D eigenvalue weighted by Crippen LogP contribution is 2.37. The zero-order valence-corrected chi connectivity index (χ0v) is 30.4. The van der Waals surface area contributed by atoms with E-state index in [-0.39, 0.29) is 61.0 Å². The predicted molar refractivity (Wildman–Crippen MR) is 200 cm³/mol. The molecule has 4 aromatic rings. The van der Waals surface area contributed by atoms with E-state index in [1.807, 2.05) is 15.8 Å². The SMILES string of the molecule is COc1cc2nn(C3CCN(CC4(F)CN(c5ccc6c(c5)C(=O)N(C(C)CCC(=O)NC=O)C6=O)C4)CC3)cc2cc1NC(=O)/C(=C/N)c1ncccn1. The van der Waals surface area contributed by atoms with Crippen LogP contribution in [0.5, 0.6) is 5.75 Å². The molecular weight excluding hydrogens is 711 g/mol. The van der Waals surface area contributed by atoms with Crippen LogP contribution < -0.4 is 26.0 Å². The Bertz CT molecular complexity index is 2180. The van der Waals surface area contributed by atoms with Crippen LogP contribution in [0.1, 0.15) is 65.2 Å². The van der Waals surface area contributed by atoms with E-state index in [2.05, 4.69) is 25.5 Å². The van der Waals surface area contributed by atoms with Gasteiger partial charge in [-0.15, -0.1) is 0 Å². The molecule has 0 radical (unpaired) electrons. The van der Waals surface area contributed by atoms with Gasteiger partial charge < -0.3 is 20.7 Å². The average Bonchev–Trinajstić information content (AvgIpc) is 3.70. The van der Waals surface area contributed by atoms with Crippen LogP contribution in [0.2, 0.25) is 0 Å². The second-order valence-electron chi connectivity index (χ2n) is 14.1. The van der Waals surface area contributed by atoms with Gasteiger partial charge in [-0.1, -0.05) is 0 Å². The summed E-state index contributed by atoms with van der Waals surface area (Å²) in [5.41, 5.74) is 6.76. The van der Waals surface area contributed by atoms with Crippen molar-refractivity contribution in [3.8, 4) is 5.75 Å². The second-order valence-corrected chi connectivity index (χ2v) is 14.1. The molecule has 7 rings (SSSR count). The summed E-state index contributed by atoms with van der Waals surface area (Å²) in [6.45, 7) is 3.65. The Hall–Kier alpha value is -6.23. The minimum atomic E-state index is -1.43. The minimum absolute atomic E-state index is 0.0102. The fourth-order valence-corrected chi connectivity index (χ4v) is 7.52. The zero-order chi connectivity index (χ0) is 38.9. The van der Waals surface area contributed by atoms with Crippen molar-refractivity contribution in [3.05, 3.63) is 78.1 Å². The molecule has 5 amide bonds. The van der Waals surface area contributed by atoms with Crippen molar-refractivity contribution in [2.75, 3.05) is 50.1 Å². The highest BCUT2D eigenvalue weighted by atomic mass is 19.1. The number of methoxy groups -OCH3 is 1. The first kappa shape index (κ1) is 37.1. The molecule has 17 heteroatoms. The molecule has 0 aliphatic carbocycles. The Morgan fingerprint density at radius 2 is 1.82 bits per heavy atom. The Morgan fingerprint density at radius 3 is 2.51 bits per heavy atom. The highest BCUT2D eigenvalue weighted by molar-refractivity contribution is 6.25. The Morgan fingerprint density at radius 1 is 1.09 bits per heavy atom. The highest BCUT2D eigenvalue weighted by Gasteiger charge is 2.46. The molecule has 0 bridgehead atoms. The number of nitrogens with one attached hydrogen (secondary N) is 2. The molecule has 286 valence electrons. The number of amides is 5. The van der Waals surface area contributed by atoms with Gasteiger partial charge in [0, 0.05) is 74.0 Å². The molecule has 1 unspecified atom stereocenters. The molecule has 4 N–H and O–H groups in total. The molecule has 16 nitrogen and oxygen atoms in total. The van der Waals surface area contributed by atoms with Gasteiger partial charge in [0.05, 0.1) is 54.1 Å². The number of carbonyl (C=O) groups is 5. The normalized spacial score (nSPS) is 17.8. The summed E-state index contributed by atoms with van der Waals surface area (Å²) in [6, 6.07) is 9.73. The number of halogens is 1. The van der Waals surface area contributed by atoms with Crippen LogP contribution in [0, 0.1) is 0 Å². The average molecular weight is 753 g/mol. The number of fused-ring (bicyclic) bond motifs is 2. The van der Waals surface area contributed by atoms with Gasteiger partial charge in [-0.25, -0.2) is 14.4 Å². The molecular formula is C38H41FN10O6. The quantitative estimate of drug-likeness (QED) is 0.103. The number of rotatable bonds is 13. The van der Waals surface area contributed by atoms with Crippen LogP contribution >= 0.6 is 0 Å². The molecule has 2 fully saturated rings. The fourth-order valence-electron chi connectivity index (χ4n) is 7.52. The summed E-state index contributed by atoms with van der Waals surface area (Å²) in [5, 5.41) is 10.5. The van der Waals surface area contributed by atoms with Crippen molar-refractivity contribution in [2.24, 2.45) is 5.73 Å². The molecule has 0 spiro atoms. The number of nitrogens with two attached hydrogens (primary N) is 1. The van der Waals surface area contributed by atoms with Crippen LogP contribution in [-0.4, -0.2) is 111 Å². The van der Waals surface area contributed by atoms with Crippen LogP contribution in [0.15, 0.2) is 61.2 Å². The molecule has 2 aromatic heterocycles. The van der Waals surface area contributed by atoms with Gasteiger partial charge in [0.1, 0.15) is 5.75 Å². The summed E-state index contributed by atoms with van der Waals surface area (Å²) in [6.07, 6.45) is 8.20. The van der Waals surface area contributed by atoms with Crippen LogP contribution in [-0.2, 0) is 14.4 Å². The molecule has 3 aliphatic heterocycles. The number of benzene rings is 2. The molecule has 5 heterocycles. The Kier molecular flexibility index (Phi) is 10.3. The maximum absolute atomic E-state index is 16.0. The number of likely N-dealkylation sites (tertiary alicyclic amines) is 1.